The van der Waals surface area contributed by atoms with Crippen molar-refractivity contribution in [3.63, 3.8) is 0 Å². The number of nitrogens with zero attached hydrogens (tertiary/aromatic N) is 2. The Bertz CT molecular complexity index is 1180. The van der Waals surface area contributed by atoms with Crippen LogP contribution in [0.1, 0.15) is 45.0 Å². The van der Waals surface area contributed by atoms with Gasteiger partial charge in [0.2, 0.25) is 5.91 Å². The molecule has 0 aliphatic rings. The Morgan fingerprint density at radius 1 is 1.06 bits per heavy atom. The molecule has 0 aliphatic heterocycles. The van der Waals surface area contributed by atoms with Crippen LogP contribution in [0.3, 0.4) is 0 Å². The van der Waals surface area contributed by atoms with E-state index < -0.39 is 0 Å². The molecule has 31 heavy (non-hydrogen) atoms. The van der Waals surface area contributed by atoms with E-state index in [-0.39, 0.29) is 11.9 Å². The molecule has 0 spiro atoms. The van der Waals surface area contributed by atoms with Crippen molar-refractivity contribution in [3.05, 3.63) is 72.6 Å². The first-order valence-electron chi connectivity index (χ1n) is 11.0. The quantitative estimate of drug-likeness (QED) is 0.360. The Morgan fingerprint density at radius 3 is 2.71 bits per heavy atom. The normalized spacial score (nSPS) is 12.2. The van der Waals surface area contributed by atoms with E-state index in [0.29, 0.717) is 13.0 Å². The van der Waals surface area contributed by atoms with Gasteiger partial charge in [-0.15, -0.1) is 0 Å². The first kappa shape index (κ1) is 20.9. The van der Waals surface area contributed by atoms with Crippen LogP contribution in [0.4, 0.5) is 0 Å². The number of hydrogen-bond donors (Lipinski definition) is 1. The van der Waals surface area contributed by atoms with Gasteiger partial charge in [-0.1, -0.05) is 55.5 Å². The lowest BCUT2D eigenvalue weighted by atomic mass is 10.1. The van der Waals surface area contributed by atoms with E-state index in [0.717, 1.165) is 47.4 Å². The van der Waals surface area contributed by atoms with Gasteiger partial charge in [0.15, 0.2) is 0 Å². The smallest absolute Gasteiger partial charge is 0.220 e. The van der Waals surface area contributed by atoms with Crippen molar-refractivity contribution >= 4 is 27.7 Å². The fourth-order valence-corrected chi connectivity index (χ4v) is 3.99. The van der Waals surface area contributed by atoms with Gasteiger partial charge in [-0.3, -0.25) is 4.79 Å². The zero-order valence-corrected chi connectivity index (χ0v) is 18.2. The van der Waals surface area contributed by atoms with Crippen LogP contribution in [-0.2, 0) is 11.3 Å². The maximum Gasteiger partial charge on any atom is 0.220 e. The molecule has 3 aromatic carbocycles. The lowest BCUT2D eigenvalue weighted by molar-refractivity contribution is -0.121. The third-order valence-electron chi connectivity index (χ3n) is 5.46. The molecule has 1 atom stereocenters. The van der Waals surface area contributed by atoms with Crippen molar-refractivity contribution in [1.29, 1.82) is 0 Å². The summed E-state index contributed by atoms with van der Waals surface area (Å²) in [5.41, 5.74) is 2.03. The number of hydrogen-bond acceptors (Lipinski definition) is 3. The summed E-state index contributed by atoms with van der Waals surface area (Å²) in [5, 5.41) is 5.39. The van der Waals surface area contributed by atoms with Crippen molar-refractivity contribution in [3.8, 4) is 5.75 Å². The first-order valence-corrected chi connectivity index (χ1v) is 11.0. The minimum atomic E-state index is -0.148. The van der Waals surface area contributed by atoms with E-state index in [1.54, 1.807) is 0 Å². The highest BCUT2D eigenvalue weighted by molar-refractivity contribution is 5.88. The highest BCUT2D eigenvalue weighted by atomic mass is 16.5. The van der Waals surface area contributed by atoms with E-state index >= 15 is 0 Å². The molecule has 0 aliphatic carbocycles. The molecule has 0 bridgehead atoms. The van der Waals surface area contributed by atoms with Crippen LogP contribution in [0.15, 0.2) is 66.7 Å². The van der Waals surface area contributed by atoms with Crippen molar-refractivity contribution in [2.24, 2.45) is 0 Å². The number of carbonyl (C=O) groups excluding carboxylic acids is 1. The third kappa shape index (κ3) is 4.71. The predicted octanol–water partition coefficient (Wildman–Crippen LogP) is 5.64. The molecule has 1 unspecified atom stereocenters. The zero-order valence-electron chi connectivity index (χ0n) is 18.2. The number of aryl methyl sites for hydroxylation is 1. The van der Waals surface area contributed by atoms with Crippen LogP contribution in [0.5, 0.6) is 5.75 Å². The van der Waals surface area contributed by atoms with Crippen LogP contribution in [-0.4, -0.2) is 22.1 Å². The summed E-state index contributed by atoms with van der Waals surface area (Å²) >= 11 is 0. The van der Waals surface area contributed by atoms with Gasteiger partial charge >= 0.3 is 0 Å². The van der Waals surface area contributed by atoms with E-state index in [9.17, 15) is 4.79 Å². The van der Waals surface area contributed by atoms with Gasteiger partial charge < -0.3 is 14.6 Å². The highest BCUT2D eigenvalue weighted by Crippen LogP contribution is 2.26. The van der Waals surface area contributed by atoms with Gasteiger partial charge in [-0.2, -0.15) is 0 Å². The summed E-state index contributed by atoms with van der Waals surface area (Å²) < 4.78 is 8.33. The Labute approximate surface area is 183 Å². The lowest BCUT2D eigenvalue weighted by Gasteiger charge is -2.16. The SMILES string of the molecule is CCCC(=O)NC(C)c1nc2ccccc2n1CCCOc1cccc2ccccc12. The molecular weight excluding hydrogens is 386 g/mol. The molecule has 1 heterocycles. The summed E-state index contributed by atoms with van der Waals surface area (Å²) in [6.45, 7) is 5.39. The van der Waals surface area contributed by atoms with Crippen molar-refractivity contribution < 1.29 is 9.53 Å². The molecular formula is C26H29N3O2. The van der Waals surface area contributed by atoms with E-state index in [2.05, 4.69) is 34.1 Å². The number of imidazole rings is 1. The fourth-order valence-electron chi connectivity index (χ4n) is 3.99. The predicted molar refractivity (Wildman–Crippen MR) is 125 cm³/mol. The second kappa shape index (κ2) is 9.65. The molecule has 5 heteroatoms. The fraction of sp³-hybridized carbons (Fsp3) is 0.308. The number of aromatic nitrogens is 2. The molecule has 1 aromatic heterocycles. The van der Waals surface area contributed by atoms with Gasteiger partial charge in [0.05, 0.1) is 23.7 Å². The number of fused-ring (bicyclic) bond motifs is 2. The van der Waals surface area contributed by atoms with Crippen LogP contribution < -0.4 is 10.1 Å². The van der Waals surface area contributed by atoms with Crippen LogP contribution in [0.2, 0.25) is 0 Å². The monoisotopic (exact) mass is 415 g/mol. The molecule has 4 rings (SSSR count). The molecule has 5 nitrogen and oxygen atoms in total. The molecule has 1 N–H and O–H groups in total. The topological polar surface area (TPSA) is 56.2 Å². The summed E-state index contributed by atoms with van der Waals surface area (Å²) in [4.78, 5) is 16.9. The summed E-state index contributed by atoms with van der Waals surface area (Å²) in [6.07, 6.45) is 2.20. The van der Waals surface area contributed by atoms with E-state index in [4.69, 9.17) is 9.72 Å². The Morgan fingerprint density at radius 2 is 1.84 bits per heavy atom. The zero-order chi connectivity index (χ0) is 21.6. The van der Waals surface area contributed by atoms with Gasteiger partial charge in [-0.05, 0) is 43.4 Å². The number of rotatable bonds is 9. The lowest BCUT2D eigenvalue weighted by Crippen LogP contribution is -2.28. The highest BCUT2D eigenvalue weighted by Gasteiger charge is 2.18. The van der Waals surface area contributed by atoms with Crippen LogP contribution in [0, 0.1) is 0 Å². The Kier molecular flexibility index (Phi) is 6.51. The van der Waals surface area contributed by atoms with Gasteiger partial charge in [0, 0.05) is 18.4 Å². The molecule has 0 saturated carbocycles. The number of para-hydroxylation sites is 2. The molecule has 4 aromatic rings. The third-order valence-corrected chi connectivity index (χ3v) is 5.46. The van der Waals surface area contributed by atoms with E-state index in [1.165, 1.54) is 5.39 Å². The molecule has 1 amide bonds. The largest absolute Gasteiger partial charge is 0.493 e. The Hall–Kier alpha value is -3.34. The molecule has 0 fully saturated rings. The second-order valence-electron chi connectivity index (χ2n) is 7.83. The number of nitrogens with one attached hydrogen (secondary N) is 1. The van der Waals surface area contributed by atoms with Crippen LogP contribution in [0.25, 0.3) is 21.8 Å². The van der Waals surface area contributed by atoms with Crippen LogP contribution >= 0.6 is 0 Å². The van der Waals surface area contributed by atoms with Crippen molar-refractivity contribution in [1.82, 2.24) is 14.9 Å². The number of benzene rings is 3. The molecule has 0 saturated heterocycles. The van der Waals surface area contributed by atoms with Crippen molar-refractivity contribution in [2.45, 2.75) is 45.7 Å². The standard InChI is InChI=1S/C26H29N3O2/c1-3-10-25(30)27-19(2)26-28-22-14-6-7-15-23(22)29(26)17-9-18-31-24-16-8-12-20-11-4-5-13-21(20)24/h4-8,11-16,19H,3,9-10,17-18H2,1-2H3,(H,27,30). The van der Waals surface area contributed by atoms with Gasteiger partial charge in [0.25, 0.3) is 0 Å². The maximum absolute atomic E-state index is 12.1. The maximum atomic E-state index is 12.1. The summed E-state index contributed by atoms with van der Waals surface area (Å²) in [6, 6.07) is 22.4. The van der Waals surface area contributed by atoms with Gasteiger partial charge in [-0.25, -0.2) is 4.98 Å². The first-order chi connectivity index (χ1) is 15.2. The average molecular weight is 416 g/mol. The van der Waals surface area contributed by atoms with Gasteiger partial charge in [0.1, 0.15) is 11.6 Å². The second-order valence-corrected chi connectivity index (χ2v) is 7.83. The summed E-state index contributed by atoms with van der Waals surface area (Å²) in [7, 11) is 0. The molecule has 160 valence electrons. The minimum absolute atomic E-state index is 0.0629. The van der Waals surface area contributed by atoms with Crippen molar-refractivity contribution in [2.75, 3.05) is 6.61 Å². The average Bonchev–Trinajstić information content (AvgIpc) is 3.16. The van der Waals surface area contributed by atoms with E-state index in [1.807, 2.05) is 56.3 Å². The number of ether oxygens (including phenoxy) is 1. The minimum Gasteiger partial charge on any atom is -0.493 e. The molecule has 0 radical (unpaired) electrons. The Balaban J connectivity index is 1.48. The number of carbonyl (C=O) groups is 1. The number of amides is 1. The summed E-state index contributed by atoms with van der Waals surface area (Å²) in [5.74, 6) is 1.86.